The van der Waals surface area contributed by atoms with E-state index in [1.165, 1.54) is 17.2 Å². The quantitative estimate of drug-likeness (QED) is 0.331. The van der Waals surface area contributed by atoms with E-state index in [0.717, 1.165) is 5.39 Å². The van der Waals surface area contributed by atoms with Crippen LogP contribution in [0.4, 0.5) is 13.2 Å². The second-order valence-corrected chi connectivity index (χ2v) is 9.97. The van der Waals surface area contributed by atoms with Gasteiger partial charge in [0.2, 0.25) is 0 Å². The summed E-state index contributed by atoms with van der Waals surface area (Å²) in [6.07, 6.45) is -2.45. The first-order valence-electron chi connectivity index (χ1n) is 12.5. The third-order valence-corrected chi connectivity index (χ3v) is 6.98. The molecule has 4 heterocycles. The van der Waals surface area contributed by atoms with Crippen molar-refractivity contribution >= 4 is 16.6 Å². The number of hydrogen-bond donors (Lipinski definition) is 0. The van der Waals surface area contributed by atoms with Gasteiger partial charge in [-0.2, -0.15) is 13.2 Å². The summed E-state index contributed by atoms with van der Waals surface area (Å²) in [4.78, 5) is 8.27. The van der Waals surface area contributed by atoms with Crippen LogP contribution < -0.4 is 4.74 Å². The summed E-state index contributed by atoms with van der Waals surface area (Å²) in [5.74, 6) is 0.946. The standard InChI is InChI=1S/C27H31F3N6O2/c1-17(16-37-4)38-22-7-5-6-18-8-10-21(31-24(18)22)26-33-32-23-11-9-19(14-36(23)26)25(27(28,29)30)35-13-12-20(15-35)34(2)3/h5-11,14,17,20,25H,12-13,15-16H2,1-4H3/t17-,20+,25-/m1/s1. The molecule has 0 saturated carbocycles. The van der Waals surface area contributed by atoms with E-state index in [0.29, 0.717) is 54.5 Å². The van der Waals surface area contributed by atoms with Crippen molar-refractivity contribution < 1.29 is 22.6 Å². The van der Waals surface area contributed by atoms with Gasteiger partial charge in [-0.25, -0.2) is 4.98 Å². The van der Waals surface area contributed by atoms with E-state index in [4.69, 9.17) is 14.5 Å². The number of benzene rings is 1. The molecule has 5 rings (SSSR count). The van der Waals surface area contributed by atoms with Crippen molar-refractivity contribution in [1.82, 2.24) is 29.4 Å². The predicted molar refractivity (Wildman–Crippen MR) is 138 cm³/mol. The molecule has 38 heavy (non-hydrogen) atoms. The molecule has 4 aromatic rings. The number of ether oxygens (including phenoxy) is 2. The van der Waals surface area contributed by atoms with E-state index >= 15 is 0 Å². The van der Waals surface area contributed by atoms with Gasteiger partial charge in [0, 0.05) is 37.8 Å². The molecule has 0 spiro atoms. The minimum absolute atomic E-state index is 0.0823. The maximum Gasteiger partial charge on any atom is 0.408 e. The van der Waals surface area contributed by atoms with E-state index in [1.807, 2.05) is 50.2 Å². The van der Waals surface area contributed by atoms with Gasteiger partial charge in [0.25, 0.3) is 0 Å². The molecular weight excluding hydrogens is 497 g/mol. The number of pyridine rings is 2. The van der Waals surface area contributed by atoms with Gasteiger partial charge < -0.3 is 14.4 Å². The number of likely N-dealkylation sites (tertiary alicyclic amines) is 1. The Morgan fingerprint density at radius 3 is 2.63 bits per heavy atom. The van der Waals surface area contributed by atoms with Crippen molar-refractivity contribution in [3.8, 4) is 17.3 Å². The van der Waals surface area contributed by atoms with Crippen LogP contribution in [0.5, 0.6) is 5.75 Å². The zero-order valence-electron chi connectivity index (χ0n) is 21.8. The van der Waals surface area contributed by atoms with E-state index < -0.39 is 12.2 Å². The molecule has 3 atom stereocenters. The summed E-state index contributed by atoms with van der Waals surface area (Å²) in [7, 11) is 5.41. The van der Waals surface area contributed by atoms with Gasteiger partial charge in [0.1, 0.15) is 29.1 Å². The zero-order valence-corrected chi connectivity index (χ0v) is 21.8. The highest BCUT2D eigenvalue weighted by Crippen LogP contribution is 2.40. The van der Waals surface area contributed by atoms with Gasteiger partial charge in [0.05, 0.1) is 6.61 Å². The third kappa shape index (κ3) is 5.18. The first kappa shape index (κ1) is 26.3. The molecule has 3 aromatic heterocycles. The van der Waals surface area contributed by atoms with Crippen LogP contribution in [-0.2, 0) is 4.74 Å². The summed E-state index contributed by atoms with van der Waals surface area (Å²) >= 11 is 0. The maximum atomic E-state index is 14.4. The molecule has 0 aliphatic carbocycles. The first-order valence-corrected chi connectivity index (χ1v) is 12.5. The van der Waals surface area contributed by atoms with Crippen LogP contribution in [-0.4, -0.2) is 88.6 Å². The number of nitrogens with zero attached hydrogens (tertiary/aromatic N) is 6. The molecule has 1 aromatic carbocycles. The minimum Gasteiger partial charge on any atom is -0.486 e. The van der Waals surface area contributed by atoms with Gasteiger partial charge in [-0.15, -0.1) is 10.2 Å². The molecular formula is C27H31F3N6O2. The van der Waals surface area contributed by atoms with Crippen LogP contribution in [0.3, 0.4) is 0 Å². The predicted octanol–water partition coefficient (Wildman–Crippen LogP) is 4.60. The van der Waals surface area contributed by atoms with Crippen molar-refractivity contribution in [1.29, 1.82) is 0 Å². The molecule has 1 aliphatic rings. The SMILES string of the molecule is COC[C@@H](C)Oc1cccc2ccc(-c3nnc4ccc([C@@H](N5CC[C@H](N(C)C)C5)C(F)(F)F)cn34)nc12. The van der Waals surface area contributed by atoms with Gasteiger partial charge >= 0.3 is 6.18 Å². The molecule has 1 saturated heterocycles. The van der Waals surface area contributed by atoms with Crippen molar-refractivity contribution in [2.75, 3.05) is 40.9 Å². The number of methoxy groups -OCH3 is 1. The minimum atomic E-state index is -4.44. The molecule has 0 amide bonds. The highest BCUT2D eigenvalue weighted by molar-refractivity contribution is 5.86. The Hall–Kier alpha value is -3.28. The molecule has 0 radical (unpaired) electrons. The Bertz CT molecular complexity index is 1420. The highest BCUT2D eigenvalue weighted by atomic mass is 19.4. The monoisotopic (exact) mass is 528 g/mol. The lowest BCUT2D eigenvalue weighted by Gasteiger charge is -2.30. The number of aromatic nitrogens is 4. The van der Waals surface area contributed by atoms with Crippen molar-refractivity contribution in [3.05, 3.63) is 54.2 Å². The van der Waals surface area contributed by atoms with E-state index in [2.05, 4.69) is 10.2 Å². The lowest BCUT2D eigenvalue weighted by Crippen LogP contribution is -2.39. The average Bonchev–Trinajstić information content (AvgIpc) is 3.51. The lowest BCUT2D eigenvalue weighted by molar-refractivity contribution is -0.184. The summed E-state index contributed by atoms with van der Waals surface area (Å²) in [5, 5.41) is 9.33. The maximum absolute atomic E-state index is 14.4. The van der Waals surface area contributed by atoms with Crippen LogP contribution in [0.15, 0.2) is 48.7 Å². The second kappa shape index (κ2) is 10.5. The van der Waals surface area contributed by atoms with Crippen LogP contribution in [0.2, 0.25) is 0 Å². The molecule has 202 valence electrons. The van der Waals surface area contributed by atoms with Gasteiger partial charge in [-0.1, -0.05) is 24.3 Å². The van der Waals surface area contributed by atoms with Gasteiger partial charge in [-0.05, 0) is 51.2 Å². The van der Waals surface area contributed by atoms with Crippen LogP contribution in [0, 0.1) is 0 Å². The van der Waals surface area contributed by atoms with E-state index in [1.54, 1.807) is 23.6 Å². The Labute approximate surface area is 219 Å². The fraction of sp³-hybridized carbons (Fsp3) is 0.444. The zero-order chi connectivity index (χ0) is 27.0. The average molecular weight is 529 g/mol. The number of hydrogen-bond acceptors (Lipinski definition) is 7. The Balaban J connectivity index is 1.54. The Morgan fingerprint density at radius 1 is 1.11 bits per heavy atom. The molecule has 11 heteroatoms. The number of likely N-dealkylation sites (N-methyl/N-ethyl adjacent to an activating group) is 1. The summed E-state index contributed by atoms with van der Waals surface area (Å²) < 4.78 is 55.9. The van der Waals surface area contributed by atoms with Gasteiger partial charge in [-0.3, -0.25) is 9.30 Å². The number of halogens is 3. The van der Waals surface area contributed by atoms with Crippen molar-refractivity contribution in [3.63, 3.8) is 0 Å². The summed E-state index contributed by atoms with van der Waals surface area (Å²) in [5.41, 5.74) is 1.69. The van der Waals surface area contributed by atoms with Gasteiger partial charge in [0.15, 0.2) is 11.5 Å². The Morgan fingerprint density at radius 2 is 1.92 bits per heavy atom. The summed E-state index contributed by atoms with van der Waals surface area (Å²) in [6, 6.07) is 10.7. The van der Waals surface area contributed by atoms with Crippen LogP contribution in [0.1, 0.15) is 24.9 Å². The number of fused-ring (bicyclic) bond motifs is 2. The van der Waals surface area contributed by atoms with Crippen molar-refractivity contribution in [2.45, 2.75) is 37.7 Å². The van der Waals surface area contributed by atoms with E-state index in [9.17, 15) is 13.2 Å². The molecule has 1 fully saturated rings. The number of para-hydroxylation sites is 1. The summed E-state index contributed by atoms with van der Waals surface area (Å²) in [6.45, 7) is 3.04. The third-order valence-electron chi connectivity index (χ3n) is 6.98. The van der Waals surface area contributed by atoms with Crippen molar-refractivity contribution in [2.24, 2.45) is 0 Å². The topological polar surface area (TPSA) is 68.0 Å². The van der Waals surface area contributed by atoms with Crippen LogP contribution >= 0.6 is 0 Å². The normalized spacial score (nSPS) is 18.5. The highest BCUT2D eigenvalue weighted by Gasteiger charge is 2.47. The first-order chi connectivity index (χ1) is 18.2. The molecule has 0 unspecified atom stereocenters. The number of rotatable bonds is 8. The lowest BCUT2D eigenvalue weighted by atomic mass is 10.1. The number of alkyl halides is 3. The molecule has 8 nitrogen and oxygen atoms in total. The second-order valence-electron chi connectivity index (χ2n) is 9.97. The Kier molecular flexibility index (Phi) is 7.26. The molecule has 0 bridgehead atoms. The van der Waals surface area contributed by atoms with Crippen LogP contribution in [0.25, 0.3) is 28.1 Å². The largest absolute Gasteiger partial charge is 0.486 e. The molecule has 1 aliphatic heterocycles. The smallest absolute Gasteiger partial charge is 0.408 e. The fourth-order valence-electron chi connectivity index (χ4n) is 5.10. The molecule has 0 N–H and O–H groups in total. The van der Waals surface area contributed by atoms with E-state index in [-0.39, 0.29) is 17.7 Å². The fourth-order valence-corrected chi connectivity index (χ4v) is 5.10.